The number of amides is 1. The number of carbonyl (C=O) groups excluding carboxylic acids is 1. The molecule has 0 bridgehead atoms. The highest BCUT2D eigenvalue weighted by atomic mass is 16.5. The van der Waals surface area contributed by atoms with Crippen LogP contribution < -0.4 is 9.47 Å². The molecule has 2 heterocycles. The van der Waals surface area contributed by atoms with Crippen LogP contribution in [-0.4, -0.2) is 35.0 Å². The molecule has 1 amide bonds. The summed E-state index contributed by atoms with van der Waals surface area (Å²) in [5, 5.41) is 2.23. The maximum atomic E-state index is 13.8. The van der Waals surface area contributed by atoms with Crippen LogP contribution in [0.15, 0.2) is 79.1 Å². The van der Waals surface area contributed by atoms with Crippen molar-refractivity contribution in [3.8, 4) is 11.5 Å². The lowest BCUT2D eigenvalue weighted by Gasteiger charge is -2.24. The molecule has 0 saturated heterocycles. The maximum absolute atomic E-state index is 13.8. The quantitative estimate of drug-likeness (QED) is 0.351. The molecule has 0 unspecified atom stereocenters. The molecule has 0 aliphatic heterocycles. The van der Waals surface area contributed by atoms with Crippen molar-refractivity contribution in [2.45, 2.75) is 13.1 Å². The molecular formula is C27H25N3O3. The average Bonchev–Trinajstić information content (AvgIpc) is 3.53. The molecule has 0 aliphatic rings. The van der Waals surface area contributed by atoms with Gasteiger partial charge >= 0.3 is 0 Å². The Morgan fingerprint density at radius 2 is 1.33 bits per heavy atom. The van der Waals surface area contributed by atoms with Crippen molar-refractivity contribution in [2.75, 3.05) is 14.2 Å². The van der Waals surface area contributed by atoms with Crippen molar-refractivity contribution >= 4 is 27.7 Å². The zero-order valence-corrected chi connectivity index (χ0v) is 18.6. The number of nitrogens with one attached hydrogen (secondary N) is 2. The molecule has 6 nitrogen and oxygen atoms in total. The van der Waals surface area contributed by atoms with Gasteiger partial charge in [0.15, 0.2) is 11.5 Å². The van der Waals surface area contributed by atoms with Crippen molar-refractivity contribution in [2.24, 2.45) is 0 Å². The molecule has 2 aromatic heterocycles. The molecule has 0 fully saturated rings. The summed E-state index contributed by atoms with van der Waals surface area (Å²) in [5.41, 5.74) is 4.83. The number of aromatic amines is 2. The first-order chi connectivity index (χ1) is 16.2. The zero-order chi connectivity index (χ0) is 22.8. The first kappa shape index (κ1) is 20.7. The van der Waals surface area contributed by atoms with Crippen LogP contribution in [-0.2, 0) is 13.1 Å². The van der Waals surface area contributed by atoms with Gasteiger partial charge in [-0.15, -0.1) is 0 Å². The number of rotatable bonds is 7. The van der Waals surface area contributed by atoms with Gasteiger partial charge in [0, 0.05) is 52.9 Å². The van der Waals surface area contributed by atoms with Gasteiger partial charge in [-0.05, 0) is 53.6 Å². The van der Waals surface area contributed by atoms with E-state index in [4.69, 9.17) is 9.47 Å². The van der Waals surface area contributed by atoms with Gasteiger partial charge in [-0.1, -0.05) is 24.3 Å². The van der Waals surface area contributed by atoms with Crippen molar-refractivity contribution < 1.29 is 14.3 Å². The summed E-state index contributed by atoms with van der Waals surface area (Å²) in [4.78, 5) is 22.2. The fraction of sp³-hybridized carbons (Fsp3) is 0.148. The van der Waals surface area contributed by atoms with E-state index in [0.717, 1.165) is 32.9 Å². The molecule has 5 rings (SSSR count). The summed E-state index contributed by atoms with van der Waals surface area (Å²) in [7, 11) is 3.16. The fourth-order valence-corrected chi connectivity index (χ4v) is 4.34. The molecule has 2 N–H and O–H groups in total. The van der Waals surface area contributed by atoms with Gasteiger partial charge in [-0.2, -0.15) is 0 Å². The summed E-state index contributed by atoms with van der Waals surface area (Å²) in [5.74, 6) is 1.05. The van der Waals surface area contributed by atoms with Gasteiger partial charge in [-0.25, -0.2) is 0 Å². The highest BCUT2D eigenvalue weighted by Crippen LogP contribution is 2.29. The monoisotopic (exact) mass is 439 g/mol. The fourth-order valence-electron chi connectivity index (χ4n) is 4.34. The highest BCUT2D eigenvalue weighted by Gasteiger charge is 2.20. The van der Waals surface area contributed by atoms with Crippen molar-refractivity contribution in [1.82, 2.24) is 14.9 Å². The van der Waals surface area contributed by atoms with Crippen LogP contribution in [0.4, 0.5) is 0 Å². The van der Waals surface area contributed by atoms with Crippen molar-refractivity contribution in [3.05, 3.63) is 95.8 Å². The van der Waals surface area contributed by atoms with Crippen molar-refractivity contribution in [3.63, 3.8) is 0 Å². The molecule has 0 saturated carbocycles. The SMILES string of the molecule is COc1ccc(C(=O)N(Cc2cccc3[nH]ccc23)Cc2cccc3[nH]ccc23)cc1OC. The minimum Gasteiger partial charge on any atom is -0.493 e. The van der Waals surface area contributed by atoms with Crippen LogP contribution in [0, 0.1) is 0 Å². The molecule has 33 heavy (non-hydrogen) atoms. The summed E-state index contributed by atoms with van der Waals surface area (Å²) in [6.45, 7) is 0.951. The lowest BCUT2D eigenvalue weighted by molar-refractivity contribution is 0.0731. The number of benzene rings is 3. The third-order valence-electron chi connectivity index (χ3n) is 6.01. The number of carbonyl (C=O) groups is 1. The smallest absolute Gasteiger partial charge is 0.254 e. The molecule has 0 spiro atoms. The number of ether oxygens (including phenoxy) is 2. The first-order valence-corrected chi connectivity index (χ1v) is 10.8. The van der Waals surface area contributed by atoms with E-state index in [1.54, 1.807) is 32.4 Å². The Hall–Kier alpha value is -4.19. The number of hydrogen-bond donors (Lipinski definition) is 2. The van der Waals surface area contributed by atoms with Crippen LogP contribution in [0.2, 0.25) is 0 Å². The Bertz CT molecular complexity index is 1360. The van der Waals surface area contributed by atoms with Gasteiger partial charge in [0.2, 0.25) is 0 Å². The predicted octanol–water partition coefficient (Wildman–Crippen LogP) is 5.51. The second kappa shape index (κ2) is 8.74. The molecule has 0 radical (unpaired) electrons. The average molecular weight is 440 g/mol. The zero-order valence-electron chi connectivity index (χ0n) is 18.6. The second-order valence-electron chi connectivity index (χ2n) is 7.94. The number of methoxy groups -OCH3 is 2. The van der Waals surface area contributed by atoms with Crippen LogP contribution in [0.5, 0.6) is 11.5 Å². The predicted molar refractivity (Wildman–Crippen MR) is 130 cm³/mol. The number of nitrogens with zero attached hydrogens (tertiary/aromatic N) is 1. The highest BCUT2D eigenvalue weighted by molar-refractivity contribution is 5.95. The number of hydrogen-bond acceptors (Lipinski definition) is 3. The van der Waals surface area contributed by atoms with E-state index in [1.807, 2.05) is 41.6 Å². The van der Waals surface area contributed by atoms with Gasteiger partial charge < -0.3 is 24.3 Å². The van der Waals surface area contributed by atoms with E-state index < -0.39 is 0 Å². The minimum absolute atomic E-state index is 0.0731. The maximum Gasteiger partial charge on any atom is 0.254 e. The van der Waals surface area contributed by atoms with Crippen LogP contribution in [0.1, 0.15) is 21.5 Å². The molecular weight excluding hydrogens is 414 g/mol. The molecule has 5 aromatic rings. The standard InChI is InChI=1S/C27H25N3O3/c1-32-25-10-9-18(15-26(25)33-2)27(31)30(16-19-5-3-7-23-21(19)11-13-28-23)17-20-6-4-8-24-22(20)12-14-29-24/h3-15,28-29H,16-17H2,1-2H3. The lowest BCUT2D eigenvalue weighted by Crippen LogP contribution is -2.30. The molecule has 166 valence electrons. The molecule has 0 atom stereocenters. The van der Waals surface area contributed by atoms with Gasteiger partial charge in [0.1, 0.15) is 0 Å². The number of H-pyrrole nitrogens is 2. The largest absolute Gasteiger partial charge is 0.493 e. The summed E-state index contributed by atoms with van der Waals surface area (Å²) >= 11 is 0. The minimum atomic E-state index is -0.0731. The Balaban J connectivity index is 1.55. The van der Waals surface area contributed by atoms with Crippen molar-refractivity contribution in [1.29, 1.82) is 0 Å². The van der Waals surface area contributed by atoms with Gasteiger partial charge in [-0.3, -0.25) is 4.79 Å². The van der Waals surface area contributed by atoms with E-state index in [1.165, 1.54) is 0 Å². The third-order valence-corrected chi connectivity index (χ3v) is 6.01. The third kappa shape index (κ3) is 3.91. The Morgan fingerprint density at radius 1 is 0.758 bits per heavy atom. The second-order valence-corrected chi connectivity index (χ2v) is 7.94. The summed E-state index contributed by atoms with van der Waals surface area (Å²) in [6.07, 6.45) is 3.85. The van der Waals surface area contributed by atoms with Crippen LogP contribution in [0.25, 0.3) is 21.8 Å². The number of aromatic nitrogens is 2. The molecule has 0 aliphatic carbocycles. The van der Waals surface area contributed by atoms with Gasteiger partial charge in [0.25, 0.3) is 5.91 Å². The van der Waals surface area contributed by atoms with E-state index in [0.29, 0.717) is 30.2 Å². The Morgan fingerprint density at radius 3 is 1.88 bits per heavy atom. The Labute approximate surface area is 191 Å². The summed E-state index contributed by atoms with van der Waals surface area (Å²) < 4.78 is 10.8. The van der Waals surface area contributed by atoms with Gasteiger partial charge in [0.05, 0.1) is 14.2 Å². The van der Waals surface area contributed by atoms with E-state index in [9.17, 15) is 4.79 Å². The van der Waals surface area contributed by atoms with Crippen LogP contribution in [0.3, 0.4) is 0 Å². The molecule has 3 aromatic carbocycles. The van der Waals surface area contributed by atoms with E-state index in [2.05, 4.69) is 34.2 Å². The van der Waals surface area contributed by atoms with E-state index in [-0.39, 0.29) is 5.91 Å². The molecule has 6 heteroatoms. The lowest BCUT2D eigenvalue weighted by atomic mass is 10.1. The van der Waals surface area contributed by atoms with Crippen LogP contribution >= 0.6 is 0 Å². The normalized spacial score (nSPS) is 11.1. The first-order valence-electron chi connectivity index (χ1n) is 10.8. The van der Waals surface area contributed by atoms with E-state index >= 15 is 0 Å². The topological polar surface area (TPSA) is 70.3 Å². The number of fused-ring (bicyclic) bond motifs is 2. The Kier molecular flexibility index (Phi) is 5.48. The summed E-state index contributed by atoms with van der Waals surface area (Å²) in [6, 6.07) is 21.6.